The minimum Gasteiger partial charge on any atom is -0.491 e. The number of nitrogens with zero attached hydrogens (tertiary/aromatic N) is 2. The summed E-state index contributed by atoms with van der Waals surface area (Å²) in [7, 11) is 2.15. The van der Waals surface area contributed by atoms with Crippen LogP contribution < -0.4 is 10.1 Å². The average molecular weight is 352 g/mol. The Hall–Kier alpha value is -1.46. The van der Waals surface area contributed by atoms with Crippen LogP contribution in [0.5, 0.6) is 5.75 Å². The molecule has 1 aromatic carbocycles. The molecular formula is C18H26ClN3O2. The van der Waals surface area contributed by atoms with Crippen LogP contribution in [-0.2, 0) is 6.54 Å². The summed E-state index contributed by atoms with van der Waals surface area (Å²) in [4.78, 5) is 16.8. The Kier molecular flexibility index (Phi) is 5.51. The van der Waals surface area contributed by atoms with Crippen molar-refractivity contribution in [1.29, 1.82) is 0 Å². The van der Waals surface area contributed by atoms with E-state index in [1.54, 1.807) is 0 Å². The third-order valence-electron chi connectivity index (χ3n) is 5.11. The lowest BCUT2D eigenvalue weighted by atomic mass is 9.90. The molecule has 0 radical (unpaired) electrons. The van der Waals surface area contributed by atoms with Crippen LogP contribution in [0.2, 0.25) is 5.02 Å². The van der Waals surface area contributed by atoms with E-state index in [-0.39, 0.29) is 12.1 Å². The number of urea groups is 1. The number of carbonyl (C=O) groups is 1. The van der Waals surface area contributed by atoms with Crippen molar-refractivity contribution in [3.05, 3.63) is 28.8 Å². The number of hydrogen-bond donors (Lipinski definition) is 1. The van der Waals surface area contributed by atoms with Crippen molar-refractivity contribution < 1.29 is 9.53 Å². The first-order valence-electron chi connectivity index (χ1n) is 8.68. The predicted octanol–water partition coefficient (Wildman–Crippen LogP) is 2.97. The molecule has 0 aliphatic carbocycles. The van der Waals surface area contributed by atoms with E-state index < -0.39 is 0 Å². The van der Waals surface area contributed by atoms with Crippen LogP contribution in [0.4, 0.5) is 4.79 Å². The monoisotopic (exact) mass is 351 g/mol. The molecule has 1 atom stereocenters. The van der Waals surface area contributed by atoms with Crippen LogP contribution in [0.1, 0.15) is 25.3 Å². The van der Waals surface area contributed by atoms with Crippen LogP contribution in [0.3, 0.4) is 0 Å². The van der Waals surface area contributed by atoms with Crippen molar-refractivity contribution in [2.24, 2.45) is 5.92 Å². The highest BCUT2D eigenvalue weighted by molar-refractivity contribution is 6.30. The second-order valence-corrected chi connectivity index (χ2v) is 7.34. The quantitative estimate of drug-likeness (QED) is 0.891. The van der Waals surface area contributed by atoms with Gasteiger partial charge in [0.25, 0.3) is 0 Å². The number of benzene rings is 1. The van der Waals surface area contributed by atoms with E-state index in [2.05, 4.69) is 24.2 Å². The minimum absolute atomic E-state index is 0.0159. The number of halogens is 1. The molecule has 0 aromatic heterocycles. The largest absolute Gasteiger partial charge is 0.491 e. The Bertz CT molecular complexity index is 588. The maximum atomic E-state index is 12.7. The number of amides is 2. The molecule has 24 heavy (non-hydrogen) atoms. The summed E-state index contributed by atoms with van der Waals surface area (Å²) in [5, 5.41) is 3.85. The first-order valence-corrected chi connectivity index (χ1v) is 9.06. The van der Waals surface area contributed by atoms with Crippen molar-refractivity contribution in [3.63, 3.8) is 0 Å². The van der Waals surface area contributed by atoms with Gasteiger partial charge in [0.15, 0.2) is 0 Å². The highest BCUT2D eigenvalue weighted by Gasteiger charge is 2.26. The number of fused-ring (bicyclic) bond motifs is 1. The van der Waals surface area contributed by atoms with E-state index in [0.717, 1.165) is 37.2 Å². The fraction of sp³-hybridized carbons (Fsp3) is 0.611. The lowest BCUT2D eigenvalue weighted by Gasteiger charge is -2.34. The Balaban J connectivity index is 1.60. The van der Waals surface area contributed by atoms with E-state index in [9.17, 15) is 4.79 Å². The van der Waals surface area contributed by atoms with Gasteiger partial charge in [-0.2, -0.15) is 0 Å². The van der Waals surface area contributed by atoms with Gasteiger partial charge in [0.1, 0.15) is 12.4 Å². The number of rotatable bonds is 2. The molecule has 2 aliphatic heterocycles. The summed E-state index contributed by atoms with van der Waals surface area (Å²) >= 11 is 6.08. The van der Waals surface area contributed by atoms with Gasteiger partial charge in [0, 0.05) is 16.6 Å². The van der Waals surface area contributed by atoms with Gasteiger partial charge in [0.2, 0.25) is 0 Å². The lowest BCUT2D eigenvalue weighted by Crippen LogP contribution is -2.48. The van der Waals surface area contributed by atoms with Crippen molar-refractivity contribution in [2.45, 2.75) is 32.4 Å². The third kappa shape index (κ3) is 4.14. The van der Waals surface area contributed by atoms with Gasteiger partial charge >= 0.3 is 6.03 Å². The van der Waals surface area contributed by atoms with Crippen molar-refractivity contribution in [1.82, 2.24) is 15.1 Å². The summed E-state index contributed by atoms with van der Waals surface area (Å²) in [6.45, 7) is 5.94. The fourth-order valence-electron chi connectivity index (χ4n) is 3.47. The molecule has 0 bridgehead atoms. The second kappa shape index (κ2) is 7.62. The molecule has 2 amide bonds. The van der Waals surface area contributed by atoms with Crippen LogP contribution in [0.15, 0.2) is 18.2 Å². The van der Waals surface area contributed by atoms with Gasteiger partial charge in [-0.15, -0.1) is 0 Å². The third-order valence-corrected chi connectivity index (χ3v) is 5.35. The number of ether oxygens (including phenoxy) is 1. The first kappa shape index (κ1) is 17.4. The summed E-state index contributed by atoms with van der Waals surface area (Å²) < 4.78 is 5.73. The molecule has 0 saturated carbocycles. The molecule has 1 aromatic rings. The van der Waals surface area contributed by atoms with Crippen molar-refractivity contribution >= 4 is 17.6 Å². The molecule has 1 N–H and O–H groups in total. The van der Waals surface area contributed by atoms with E-state index >= 15 is 0 Å². The zero-order valence-corrected chi connectivity index (χ0v) is 15.2. The standard InChI is InChI=1S/C18H26ClN3O2/c1-13(14-5-7-21(2)8-6-14)20-18(23)22-9-10-24-17-4-3-16(19)11-15(17)12-22/h3-4,11,13-14H,5-10,12H2,1-2H3,(H,20,23). The zero-order chi connectivity index (χ0) is 17.1. The molecule has 2 aliphatic rings. The van der Waals surface area contributed by atoms with Gasteiger partial charge in [-0.25, -0.2) is 4.79 Å². The predicted molar refractivity (Wildman–Crippen MR) is 95.6 cm³/mol. The lowest BCUT2D eigenvalue weighted by molar-refractivity contribution is 0.164. The molecule has 1 unspecified atom stereocenters. The number of nitrogens with one attached hydrogen (secondary N) is 1. The molecule has 1 fully saturated rings. The average Bonchev–Trinajstić information content (AvgIpc) is 2.77. The maximum Gasteiger partial charge on any atom is 0.318 e. The highest BCUT2D eigenvalue weighted by Crippen LogP contribution is 2.26. The number of hydrogen-bond acceptors (Lipinski definition) is 3. The zero-order valence-electron chi connectivity index (χ0n) is 14.4. The molecule has 5 nitrogen and oxygen atoms in total. The van der Waals surface area contributed by atoms with Gasteiger partial charge in [-0.3, -0.25) is 0 Å². The van der Waals surface area contributed by atoms with Crippen molar-refractivity contribution in [3.8, 4) is 5.75 Å². The normalized spacial score (nSPS) is 20.7. The summed E-state index contributed by atoms with van der Waals surface area (Å²) in [6.07, 6.45) is 2.28. The highest BCUT2D eigenvalue weighted by atomic mass is 35.5. The Morgan fingerprint density at radius 3 is 2.83 bits per heavy atom. The van der Waals surface area contributed by atoms with Crippen LogP contribution in [0, 0.1) is 5.92 Å². The van der Waals surface area contributed by atoms with Crippen LogP contribution >= 0.6 is 11.6 Å². The van der Waals surface area contributed by atoms with Gasteiger partial charge in [0.05, 0.1) is 13.1 Å². The van der Waals surface area contributed by atoms with Crippen molar-refractivity contribution in [2.75, 3.05) is 33.3 Å². The topological polar surface area (TPSA) is 44.8 Å². The Morgan fingerprint density at radius 2 is 2.08 bits per heavy atom. The molecular weight excluding hydrogens is 326 g/mol. The number of piperidine rings is 1. The summed E-state index contributed by atoms with van der Waals surface area (Å²) in [5.74, 6) is 1.37. The minimum atomic E-state index is -0.0159. The Morgan fingerprint density at radius 1 is 1.33 bits per heavy atom. The van der Waals surface area contributed by atoms with E-state index in [0.29, 0.717) is 30.6 Å². The molecule has 0 spiro atoms. The van der Waals surface area contributed by atoms with E-state index in [1.807, 2.05) is 23.1 Å². The fourth-order valence-corrected chi connectivity index (χ4v) is 3.66. The maximum absolute atomic E-state index is 12.7. The molecule has 132 valence electrons. The number of likely N-dealkylation sites (tertiary alicyclic amines) is 1. The Labute approximate surface area is 148 Å². The second-order valence-electron chi connectivity index (χ2n) is 6.90. The molecule has 1 saturated heterocycles. The van der Waals surface area contributed by atoms with E-state index in [1.165, 1.54) is 0 Å². The SMILES string of the molecule is CC(NC(=O)N1CCOc2ccc(Cl)cc2C1)C1CCN(C)CC1. The van der Waals surface area contributed by atoms with E-state index in [4.69, 9.17) is 16.3 Å². The van der Waals surface area contributed by atoms with Crippen LogP contribution in [-0.4, -0.2) is 55.2 Å². The molecule has 6 heteroatoms. The molecule has 3 rings (SSSR count). The van der Waals surface area contributed by atoms with Gasteiger partial charge in [-0.1, -0.05) is 11.6 Å². The van der Waals surface area contributed by atoms with Crippen LogP contribution in [0.25, 0.3) is 0 Å². The summed E-state index contributed by atoms with van der Waals surface area (Å²) in [6, 6.07) is 5.74. The first-order chi connectivity index (χ1) is 11.5. The number of carbonyl (C=O) groups excluding carboxylic acids is 1. The molecule has 2 heterocycles. The van der Waals surface area contributed by atoms with Gasteiger partial charge in [-0.05, 0) is 64.0 Å². The summed E-state index contributed by atoms with van der Waals surface area (Å²) in [5.41, 5.74) is 0.960. The smallest absolute Gasteiger partial charge is 0.318 e. The van der Waals surface area contributed by atoms with Gasteiger partial charge < -0.3 is 19.9 Å².